The van der Waals surface area contributed by atoms with Crippen LogP contribution in [-0.2, 0) is 4.79 Å². The summed E-state index contributed by atoms with van der Waals surface area (Å²) in [5, 5.41) is 2.71. The molecule has 1 aromatic carbocycles. The number of amides is 1. The van der Waals surface area contributed by atoms with Crippen molar-refractivity contribution in [1.29, 1.82) is 0 Å². The van der Waals surface area contributed by atoms with Gasteiger partial charge in [-0.1, -0.05) is 30.4 Å². The Morgan fingerprint density at radius 2 is 2.00 bits per heavy atom. The molecule has 0 bridgehead atoms. The molecule has 0 aliphatic rings. The molecule has 5 heteroatoms. The lowest BCUT2D eigenvalue weighted by molar-refractivity contribution is -0.121. The Hall–Kier alpha value is -1.62. The van der Waals surface area contributed by atoms with Gasteiger partial charge in [-0.3, -0.25) is 4.79 Å². The standard InChI is InChI=1S/C12H16N2O2S/c13-11(17)6-8-14-12(15)7-9-16-10-4-2-1-3-5-10/h1-5H,6-9H2,(H2,13,17)(H,14,15). The van der Waals surface area contributed by atoms with E-state index >= 15 is 0 Å². The summed E-state index contributed by atoms with van der Waals surface area (Å²) in [6, 6.07) is 9.39. The van der Waals surface area contributed by atoms with Crippen LogP contribution in [0.25, 0.3) is 0 Å². The highest BCUT2D eigenvalue weighted by Gasteiger charge is 2.01. The molecule has 0 fully saturated rings. The Bertz CT molecular complexity index is 368. The summed E-state index contributed by atoms with van der Waals surface area (Å²) in [7, 11) is 0. The van der Waals surface area contributed by atoms with E-state index in [4.69, 9.17) is 22.7 Å². The molecular formula is C12H16N2O2S. The molecule has 3 N–H and O–H groups in total. The van der Waals surface area contributed by atoms with Gasteiger partial charge in [-0.15, -0.1) is 0 Å². The third-order valence-electron chi connectivity index (χ3n) is 2.03. The quantitative estimate of drug-likeness (QED) is 0.717. The molecule has 4 nitrogen and oxygen atoms in total. The van der Waals surface area contributed by atoms with Crippen molar-refractivity contribution in [3.8, 4) is 5.75 Å². The fraction of sp³-hybridized carbons (Fsp3) is 0.333. The van der Waals surface area contributed by atoms with Crippen molar-refractivity contribution in [2.75, 3.05) is 13.2 Å². The molecule has 0 atom stereocenters. The Labute approximate surface area is 106 Å². The zero-order valence-electron chi connectivity index (χ0n) is 9.52. The summed E-state index contributed by atoms with van der Waals surface area (Å²) in [4.78, 5) is 11.7. The lowest BCUT2D eigenvalue weighted by atomic mass is 10.3. The number of nitrogens with two attached hydrogens (primary N) is 1. The molecule has 1 amide bonds. The van der Waals surface area contributed by atoms with E-state index in [-0.39, 0.29) is 5.91 Å². The molecule has 0 saturated heterocycles. The molecule has 92 valence electrons. The predicted molar refractivity (Wildman–Crippen MR) is 71.0 cm³/mol. The Kier molecular flexibility index (Phi) is 6.03. The Morgan fingerprint density at radius 1 is 1.29 bits per heavy atom. The smallest absolute Gasteiger partial charge is 0.223 e. The second-order valence-electron chi connectivity index (χ2n) is 3.48. The maximum absolute atomic E-state index is 11.3. The highest BCUT2D eigenvalue weighted by molar-refractivity contribution is 7.80. The van der Waals surface area contributed by atoms with Crippen molar-refractivity contribution in [2.24, 2.45) is 5.73 Å². The summed E-state index contributed by atoms with van der Waals surface area (Å²) in [6.07, 6.45) is 0.854. The van der Waals surface area contributed by atoms with Crippen molar-refractivity contribution in [1.82, 2.24) is 5.32 Å². The van der Waals surface area contributed by atoms with Gasteiger partial charge in [0.2, 0.25) is 5.91 Å². The van der Waals surface area contributed by atoms with E-state index in [0.717, 1.165) is 5.75 Å². The number of rotatable bonds is 7. The average molecular weight is 252 g/mol. The fourth-order valence-electron chi connectivity index (χ4n) is 1.19. The maximum atomic E-state index is 11.3. The average Bonchev–Trinajstić information content (AvgIpc) is 2.30. The number of ether oxygens (including phenoxy) is 1. The van der Waals surface area contributed by atoms with Gasteiger partial charge in [-0.05, 0) is 12.1 Å². The minimum atomic E-state index is -0.0582. The molecule has 0 radical (unpaired) electrons. The first-order valence-corrected chi connectivity index (χ1v) is 5.82. The fourth-order valence-corrected chi connectivity index (χ4v) is 1.29. The molecule has 0 saturated carbocycles. The minimum absolute atomic E-state index is 0.0582. The Balaban J connectivity index is 2.10. The molecule has 1 rings (SSSR count). The largest absolute Gasteiger partial charge is 0.493 e. The van der Waals surface area contributed by atoms with Crippen LogP contribution < -0.4 is 15.8 Å². The first-order chi connectivity index (χ1) is 8.18. The number of carbonyl (C=O) groups is 1. The van der Waals surface area contributed by atoms with Gasteiger partial charge in [-0.25, -0.2) is 0 Å². The van der Waals surface area contributed by atoms with Gasteiger partial charge in [0.05, 0.1) is 18.0 Å². The van der Waals surface area contributed by atoms with E-state index < -0.39 is 0 Å². The van der Waals surface area contributed by atoms with Gasteiger partial charge >= 0.3 is 0 Å². The van der Waals surface area contributed by atoms with Gasteiger partial charge < -0.3 is 15.8 Å². The van der Waals surface area contributed by atoms with Crippen molar-refractivity contribution in [3.63, 3.8) is 0 Å². The highest BCUT2D eigenvalue weighted by Crippen LogP contribution is 2.08. The highest BCUT2D eigenvalue weighted by atomic mass is 32.1. The number of hydrogen-bond acceptors (Lipinski definition) is 3. The third-order valence-corrected chi connectivity index (χ3v) is 2.24. The lowest BCUT2D eigenvalue weighted by Gasteiger charge is -2.06. The number of benzene rings is 1. The van der Waals surface area contributed by atoms with Crippen molar-refractivity contribution < 1.29 is 9.53 Å². The zero-order valence-corrected chi connectivity index (χ0v) is 10.3. The van der Waals surface area contributed by atoms with Gasteiger partial charge in [0.25, 0.3) is 0 Å². The number of hydrogen-bond donors (Lipinski definition) is 2. The summed E-state index contributed by atoms with van der Waals surface area (Å²) >= 11 is 4.70. The summed E-state index contributed by atoms with van der Waals surface area (Å²) in [5.74, 6) is 0.709. The third kappa shape index (κ3) is 6.52. The van der Waals surface area contributed by atoms with Crippen molar-refractivity contribution >= 4 is 23.1 Å². The van der Waals surface area contributed by atoms with Crippen LogP contribution >= 0.6 is 12.2 Å². The van der Waals surface area contributed by atoms with Crippen molar-refractivity contribution in [2.45, 2.75) is 12.8 Å². The maximum Gasteiger partial charge on any atom is 0.223 e. The monoisotopic (exact) mass is 252 g/mol. The summed E-state index contributed by atoms with van der Waals surface area (Å²) in [6.45, 7) is 0.850. The van der Waals surface area contributed by atoms with Gasteiger partial charge in [0, 0.05) is 13.0 Å². The number of carbonyl (C=O) groups excluding carboxylic acids is 1. The van der Waals surface area contributed by atoms with E-state index in [1.54, 1.807) is 0 Å². The summed E-state index contributed by atoms with van der Waals surface area (Å²) in [5.41, 5.74) is 5.31. The number of thiocarbonyl (C=S) groups is 1. The minimum Gasteiger partial charge on any atom is -0.493 e. The second kappa shape index (κ2) is 7.62. The topological polar surface area (TPSA) is 64.3 Å². The lowest BCUT2D eigenvalue weighted by Crippen LogP contribution is -2.28. The number of nitrogens with one attached hydrogen (secondary N) is 1. The van der Waals surface area contributed by atoms with Crippen LogP contribution in [0.1, 0.15) is 12.8 Å². The van der Waals surface area contributed by atoms with Crippen LogP contribution in [-0.4, -0.2) is 24.0 Å². The Morgan fingerprint density at radius 3 is 2.65 bits per heavy atom. The zero-order chi connectivity index (χ0) is 12.5. The van der Waals surface area contributed by atoms with Gasteiger partial charge in [-0.2, -0.15) is 0 Å². The SMILES string of the molecule is NC(=S)CCNC(=O)CCOc1ccccc1. The van der Waals surface area contributed by atoms with Crippen LogP contribution in [0.15, 0.2) is 30.3 Å². The molecule has 0 aliphatic heterocycles. The van der Waals surface area contributed by atoms with Gasteiger partial charge in [0.1, 0.15) is 5.75 Å². The molecule has 0 unspecified atom stereocenters. The van der Waals surface area contributed by atoms with E-state index in [2.05, 4.69) is 5.32 Å². The van der Waals surface area contributed by atoms with Crippen LogP contribution in [0, 0.1) is 0 Å². The van der Waals surface area contributed by atoms with Crippen LogP contribution in [0.4, 0.5) is 0 Å². The molecule has 0 aromatic heterocycles. The molecule has 0 heterocycles. The van der Waals surface area contributed by atoms with Crippen LogP contribution in [0.3, 0.4) is 0 Å². The van der Waals surface area contributed by atoms with Gasteiger partial charge in [0.15, 0.2) is 0 Å². The van der Waals surface area contributed by atoms with Crippen LogP contribution in [0.2, 0.25) is 0 Å². The normalized spacial score (nSPS) is 9.65. The van der Waals surface area contributed by atoms with Crippen LogP contribution in [0.5, 0.6) is 5.75 Å². The van der Waals surface area contributed by atoms with E-state index in [1.165, 1.54) is 0 Å². The molecule has 1 aromatic rings. The van der Waals surface area contributed by atoms with Crippen molar-refractivity contribution in [3.05, 3.63) is 30.3 Å². The van der Waals surface area contributed by atoms with E-state index in [0.29, 0.717) is 31.0 Å². The first-order valence-electron chi connectivity index (χ1n) is 5.41. The molecular weight excluding hydrogens is 236 g/mol. The second-order valence-corrected chi connectivity index (χ2v) is 4.00. The van der Waals surface area contributed by atoms with E-state index in [1.807, 2.05) is 30.3 Å². The predicted octanol–water partition coefficient (Wildman–Crippen LogP) is 1.25. The van der Waals surface area contributed by atoms with E-state index in [9.17, 15) is 4.79 Å². The molecule has 0 spiro atoms. The summed E-state index contributed by atoms with van der Waals surface area (Å²) < 4.78 is 5.39. The molecule has 0 aliphatic carbocycles. The number of para-hydroxylation sites is 1. The molecule has 17 heavy (non-hydrogen) atoms. The first kappa shape index (κ1) is 13.4.